The van der Waals surface area contributed by atoms with Crippen LogP contribution in [0.15, 0.2) is 103 Å². The van der Waals surface area contributed by atoms with E-state index in [1.54, 1.807) is 0 Å². The molecule has 2 heterocycles. The molecule has 12 rings (SSSR count). The largest absolute Gasteiger partial charge is 0.311 e. The average Bonchev–Trinajstić information content (AvgIpc) is 3.31. The van der Waals surface area contributed by atoms with E-state index < -0.39 is 0 Å². The summed E-state index contributed by atoms with van der Waals surface area (Å²) in [5.41, 5.74) is 27.5. The predicted molar refractivity (Wildman–Crippen MR) is 307 cm³/mol. The first-order valence-corrected chi connectivity index (χ1v) is 27.6. The van der Waals surface area contributed by atoms with Crippen molar-refractivity contribution in [2.45, 2.75) is 205 Å². The van der Waals surface area contributed by atoms with Crippen LogP contribution < -0.4 is 26.2 Å². The normalized spacial score (nSPS) is 22.5. The Balaban J connectivity index is 1.25. The number of benzene rings is 6. The van der Waals surface area contributed by atoms with Gasteiger partial charge in [0.15, 0.2) is 0 Å². The van der Waals surface area contributed by atoms with Crippen molar-refractivity contribution in [1.29, 1.82) is 0 Å². The van der Waals surface area contributed by atoms with E-state index in [1.165, 1.54) is 158 Å². The molecule has 0 saturated carbocycles. The Bertz CT molecular complexity index is 3030. The molecule has 4 aliphatic carbocycles. The molecule has 0 aromatic heterocycles. The molecule has 0 spiro atoms. The molecule has 71 heavy (non-hydrogen) atoms. The Morgan fingerprint density at radius 1 is 0.296 bits per heavy atom. The van der Waals surface area contributed by atoms with Gasteiger partial charge < -0.3 is 9.80 Å². The van der Waals surface area contributed by atoms with Crippen molar-refractivity contribution in [2.75, 3.05) is 9.80 Å². The number of nitrogens with zero attached hydrogens (tertiary/aromatic N) is 2. The number of fused-ring (bicyclic) bond motifs is 8. The van der Waals surface area contributed by atoms with Gasteiger partial charge in [-0.25, -0.2) is 0 Å². The lowest BCUT2D eigenvalue weighted by Gasteiger charge is -2.49. The van der Waals surface area contributed by atoms with Gasteiger partial charge in [0.1, 0.15) is 0 Å². The Morgan fingerprint density at radius 3 is 0.958 bits per heavy atom. The molecule has 0 atom stereocenters. The standard InChI is InChI=1S/C68H81BN2/c1-61(2)26-28-63(5,6)48-36-44(22-24-46(48)61)70-56-40-52-50(65(9,10)30-32-67(52,13)14)38-54(56)69-55-39-51-53(68(15,16)33-31-66(51,11)12)41-57(55)71(45-23-25-47-49(37-45)64(7,8)29-27-62(47,3)4)59-35-43(34-58(70)60(59)69)42-20-18-17-19-21-42/h17-25,34-41H,26-33H2,1-16H3. The zero-order chi connectivity index (χ0) is 50.4. The highest BCUT2D eigenvalue weighted by molar-refractivity contribution is 7.00. The van der Waals surface area contributed by atoms with Crippen LogP contribution in [0.25, 0.3) is 11.1 Å². The lowest BCUT2D eigenvalue weighted by molar-refractivity contribution is 0.332. The monoisotopic (exact) mass is 937 g/mol. The molecule has 6 aromatic carbocycles. The quantitative estimate of drug-likeness (QED) is 0.163. The molecule has 2 aliphatic heterocycles. The van der Waals surface area contributed by atoms with Gasteiger partial charge in [-0.2, -0.15) is 0 Å². The SMILES string of the molecule is CC1(C)CCC(C)(C)c2cc(N3c4cc5c(cc4B4c6cc7c(cc6N(c6ccc8c(c6)C(C)(C)CCC8(C)C)c6cc(-c8ccccc8)cc3c64)C(C)(C)CCC7(C)C)C(C)(C)CCC5(C)C)ccc21. The summed E-state index contributed by atoms with van der Waals surface area (Å²) in [4.78, 5) is 5.50. The molecular weight excluding hydrogens is 856 g/mol. The van der Waals surface area contributed by atoms with E-state index in [1.807, 2.05) is 0 Å². The van der Waals surface area contributed by atoms with Crippen molar-refractivity contribution in [3.63, 3.8) is 0 Å². The topological polar surface area (TPSA) is 6.48 Å². The molecule has 0 bridgehead atoms. The van der Waals surface area contributed by atoms with E-state index in [9.17, 15) is 0 Å². The highest BCUT2D eigenvalue weighted by atomic mass is 15.2. The first kappa shape index (κ1) is 47.0. The summed E-state index contributed by atoms with van der Waals surface area (Å²) < 4.78 is 0. The van der Waals surface area contributed by atoms with E-state index in [0.29, 0.717) is 0 Å². The fourth-order valence-electron chi connectivity index (χ4n) is 14.9. The highest BCUT2D eigenvalue weighted by Crippen LogP contribution is 2.56. The minimum Gasteiger partial charge on any atom is -0.311 e. The van der Waals surface area contributed by atoms with Gasteiger partial charge in [0.25, 0.3) is 6.71 Å². The summed E-state index contributed by atoms with van der Waals surface area (Å²) in [7, 11) is 0. The summed E-state index contributed by atoms with van der Waals surface area (Å²) in [6.07, 6.45) is 9.50. The Morgan fingerprint density at radius 2 is 0.606 bits per heavy atom. The molecule has 6 aliphatic rings. The lowest BCUT2D eigenvalue weighted by atomic mass is 9.32. The van der Waals surface area contributed by atoms with Crippen LogP contribution in [0.2, 0.25) is 0 Å². The maximum Gasteiger partial charge on any atom is 0.252 e. The van der Waals surface area contributed by atoms with Crippen LogP contribution in [-0.4, -0.2) is 6.71 Å². The fraction of sp³-hybridized carbons (Fsp3) is 0.471. The van der Waals surface area contributed by atoms with Crippen LogP contribution in [0.3, 0.4) is 0 Å². The van der Waals surface area contributed by atoms with Crippen LogP contribution in [0.1, 0.15) is 207 Å². The summed E-state index contributed by atoms with van der Waals surface area (Å²) in [5.74, 6) is 0. The maximum atomic E-state index is 2.75. The van der Waals surface area contributed by atoms with E-state index in [-0.39, 0.29) is 50.0 Å². The second-order valence-corrected chi connectivity index (χ2v) is 28.8. The van der Waals surface area contributed by atoms with E-state index in [2.05, 4.69) is 224 Å². The van der Waals surface area contributed by atoms with Gasteiger partial charge in [-0.1, -0.05) is 165 Å². The summed E-state index contributed by atoms with van der Waals surface area (Å²) in [6.45, 7) is 40.0. The van der Waals surface area contributed by atoms with Crippen LogP contribution in [0.4, 0.5) is 34.1 Å². The average molecular weight is 937 g/mol. The van der Waals surface area contributed by atoms with Gasteiger partial charge >= 0.3 is 0 Å². The zero-order valence-electron chi connectivity index (χ0n) is 46.4. The van der Waals surface area contributed by atoms with Crippen molar-refractivity contribution in [2.24, 2.45) is 0 Å². The molecule has 0 saturated heterocycles. The second kappa shape index (κ2) is 14.8. The van der Waals surface area contributed by atoms with Crippen molar-refractivity contribution in [1.82, 2.24) is 0 Å². The minimum atomic E-state index is 0.0422. The van der Waals surface area contributed by atoms with Gasteiger partial charge in [-0.15, -0.1) is 0 Å². The van der Waals surface area contributed by atoms with E-state index >= 15 is 0 Å². The molecule has 2 nitrogen and oxygen atoms in total. The van der Waals surface area contributed by atoms with E-state index in [4.69, 9.17) is 0 Å². The third kappa shape index (κ3) is 6.92. The molecule has 0 unspecified atom stereocenters. The molecule has 6 aromatic rings. The predicted octanol–water partition coefficient (Wildman–Crippen LogP) is 16.8. The van der Waals surface area contributed by atoms with Gasteiger partial charge in [-0.05, 0) is 215 Å². The van der Waals surface area contributed by atoms with E-state index in [0.717, 1.165) is 0 Å². The Hall–Kier alpha value is -5.02. The van der Waals surface area contributed by atoms with Crippen LogP contribution in [0, 0.1) is 0 Å². The maximum absolute atomic E-state index is 2.75. The van der Waals surface area contributed by atoms with Crippen LogP contribution in [0.5, 0.6) is 0 Å². The summed E-state index contributed by atoms with van der Waals surface area (Å²) in [6, 6.07) is 42.6. The second-order valence-electron chi connectivity index (χ2n) is 28.8. The molecule has 3 heteroatoms. The van der Waals surface area contributed by atoms with Crippen molar-refractivity contribution < 1.29 is 0 Å². The van der Waals surface area contributed by atoms with Crippen LogP contribution >= 0.6 is 0 Å². The van der Waals surface area contributed by atoms with Gasteiger partial charge in [0.05, 0.1) is 0 Å². The van der Waals surface area contributed by atoms with Crippen molar-refractivity contribution >= 4 is 57.2 Å². The third-order valence-electron chi connectivity index (χ3n) is 20.3. The smallest absolute Gasteiger partial charge is 0.252 e. The molecule has 366 valence electrons. The molecule has 0 fully saturated rings. The molecule has 0 N–H and O–H groups in total. The molecule has 0 amide bonds. The van der Waals surface area contributed by atoms with Crippen LogP contribution in [-0.2, 0) is 43.3 Å². The van der Waals surface area contributed by atoms with Crippen molar-refractivity contribution in [3.05, 3.63) is 148 Å². The number of hydrogen-bond acceptors (Lipinski definition) is 2. The number of hydrogen-bond donors (Lipinski definition) is 0. The Kier molecular flexibility index (Phi) is 9.81. The lowest BCUT2D eigenvalue weighted by Crippen LogP contribution is -2.62. The van der Waals surface area contributed by atoms with Gasteiger partial charge in [0.2, 0.25) is 0 Å². The Labute approximate surface area is 429 Å². The summed E-state index contributed by atoms with van der Waals surface area (Å²) >= 11 is 0. The summed E-state index contributed by atoms with van der Waals surface area (Å²) in [5, 5.41) is 0. The molecule has 0 radical (unpaired) electrons. The zero-order valence-corrected chi connectivity index (χ0v) is 46.4. The van der Waals surface area contributed by atoms with Crippen molar-refractivity contribution in [3.8, 4) is 11.1 Å². The third-order valence-corrected chi connectivity index (χ3v) is 20.3. The minimum absolute atomic E-state index is 0.0422. The first-order valence-electron chi connectivity index (χ1n) is 27.6. The number of anilines is 6. The first-order chi connectivity index (χ1) is 33.1. The molecular formula is C68H81BN2. The highest BCUT2D eigenvalue weighted by Gasteiger charge is 2.50. The van der Waals surface area contributed by atoms with Gasteiger partial charge in [0, 0.05) is 34.1 Å². The fourth-order valence-corrected chi connectivity index (χ4v) is 14.9. The van der Waals surface area contributed by atoms with Gasteiger partial charge in [-0.3, -0.25) is 0 Å². The number of rotatable bonds is 3.